The van der Waals surface area contributed by atoms with E-state index in [1.807, 2.05) is 0 Å². The average molecular weight is 205 g/mol. The second-order valence-corrected chi connectivity index (χ2v) is 4.43. The van der Waals surface area contributed by atoms with Crippen LogP contribution in [0.2, 0.25) is 0 Å². The van der Waals surface area contributed by atoms with Crippen LogP contribution < -0.4 is 4.74 Å². The summed E-state index contributed by atoms with van der Waals surface area (Å²) in [5.41, 5.74) is 4.14. The van der Waals surface area contributed by atoms with Gasteiger partial charge >= 0.3 is 0 Å². The molecule has 1 aromatic carbocycles. The van der Waals surface area contributed by atoms with E-state index < -0.39 is 0 Å². The highest BCUT2D eigenvalue weighted by molar-refractivity contribution is 5.44. The third-order valence-corrected chi connectivity index (χ3v) is 3.50. The normalized spacial score (nSPS) is 21.2. The fourth-order valence-electron chi connectivity index (χ4n) is 2.31. The highest BCUT2D eigenvalue weighted by Crippen LogP contribution is 2.32. The van der Waals surface area contributed by atoms with Crippen molar-refractivity contribution in [1.29, 1.82) is 0 Å². The number of nitrogens with zero attached hydrogens (tertiary/aromatic N) is 1. The standard InChI is InChI=1S/C13H19NO/c1-9-7-12-10(2)14(3)6-5-11(12)8-13(9)15-4/h7-8,10H,5-6H2,1-4H3. The van der Waals surface area contributed by atoms with Crippen LogP contribution in [0.4, 0.5) is 0 Å². The molecule has 1 aromatic rings. The van der Waals surface area contributed by atoms with Crippen molar-refractivity contribution in [2.75, 3.05) is 20.7 Å². The number of ether oxygens (including phenoxy) is 1. The van der Waals surface area contributed by atoms with Crippen LogP contribution in [0.5, 0.6) is 5.75 Å². The topological polar surface area (TPSA) is 12.5 Å². The van der Waals surface area contributed by atoms with Gasteiger partial charge in [0.1, 0.15) is 5.75 Å². The van der Waals surface area contributed by atoms with Gasteiger partial charge in [-0.3, -0.25) is 4.90 Å². The van der Waals surface area contributed by atoms with E-state index in [1.165, 1.54) is 16.7 Å². The zero-order valence-electron chi connectivity index (χ0n) is 10.0. The number of aryl methyl sites for hydroxylation is 1. The van der Waals surface area contributed by atoms with Crippen LogP contribution in [0.25, 0.3) is 0 Å². The first kappa shape index (κ1) is 10.5. The van der Waals surface area contributed by atoms with Gasteiger partial charge in [0.2, 0.25) is 0 Å². The molecule has 0 saturated heterocycles. The molecule has 0 aliphatic carbocycles. The van der Waals surface area contributed by atoms with Crippen LogP contribution >= 0.6 is 0 Å². The van der Waals surface area contributed by atoms with Crippen LogP contribution in [0.15, 0.2) is 12.1 Å². The summed E-state index contributed by atoms with van der Waals surface area (Å²) in [5.74, 6) is 1.02. The molecule has 15 heavy (non-hydrogen) atoms. The van der Waals surface area contributed by atoms with Crippen molar-refractivity contribution in [1.82, 2.24) is 4.90 Å². The van der Waals surface area contributed by atoms with E-state index in [9.17, 15) is 0 Å². The molecular weight excluding hydrogens is 186 g/mol. The lowest BCUT2D eigenvalue weighted by atomic mass is 9.92. The monoisotopic (exact) mass is 205 g/mol. The number of rotatable bonds is 1. The van der Waals surface area contributed by atoms with Crippen molar-refractivity contribution in [3.05, 3.63) is 28.8 Å². The molecule has 2 heteroatoms. The number of hydrogen-bond donors (Lipinski definition) is 0. The summed E-state index contributed by atoms with van der Waals surface area (Å²) >= 11 is 0. The van der Waals surface area contributed by atoms with Gasteiger partial charge in [-0.25, -0.2) is 0 Å². The summed E-state index contributed by atoms with van der Waals surface area (Å²) < 4.78 is 5.36. The van der Waals surface area contributed by atoms with Crippen molar-refractivity contribution < 1.29 is 4.74 Å². The molecule has 0 N–H and O–H groups in total. The predicted molar refractivity (Wildman–Crippen MR) is 62.5 cm³/mol. The third kappa shape index (κ3) is 1.74. The zero-order valence-corrected chi connectivity index (χ0v) is 10.0. The quantitative estimate of drug-likeness (QED) is 0.698. The molecule has 2 rings (SSSR count). The highest BCUT2D eigenvalue weighted by atomic mass is 16.5. The van der Waals surface area contributed by atoms with E-state index in [-0.39, 0.29) is 0 Å². The Bertz CT molecular complexity index is 373. The molecule has 0 amide bonds. The Balaban J connectivity index is 2.47. The first-order chi connectivity index (χ1) is 7.13. The maximum atomic E-state index is 5.36. The molecule has 1 aliphatic rings. The van der Waals surface area contributed by atoms with E-state index in [0.29, 0.717) is 6.04 Å². The molecule has 82 valence electrons. The highest BCUT2D eigenvalue weighted by Gasteiger charge is 2.21. The van der Waals surface area contributed by atoms with Gasteiger partial charge in [0.25, 0.3) is 0 Å². The van der Waals surface area contributed by atoms with Gasteiger partial charge in [-0.05, 0) is 50.1 Å². The SMILES string of the molecule is COc1cc2c(cc1C)C(C)N(C)CC2. The lowest BCUT2D eigenvalue weighted by Gasteiger charge is -2.32. The Morgan fingerprint density at radius 1 is 1.40 bits per heavy atom. The van der Waals surface area contributed by atoms with Gasteiger partial charge in [-0.1, -0.05) is 6.07 Å². The van der Waals surface area contributed by atoms with Crippen molar-refractivity contribution in [3.8, 4) is 5.75 Å². The largest absolute Gasteiger partial charge is 0.496 e. The number of likely N-dealkylation sites (N-methyl/N-ethyl adjacent to an activating group) is 1. The summed E-state index contributed by atoms with van der Waals surface area (Å²) in [6.07, 6.45) is 1.13. The van der Waals surface area contributed by atoms with Crippen LogP contribution in [0.3, 0.4) is 0 Å². The fourth-order valence-corrected chi connectivity index (χ4v) is 2.31. The second kappa shape index (κ2) is 3.86. The molecule has 1 aliphatic heterocycles. The summed E-state index contributed by atoms with van der Waals surface area (Å²) in [4.78, 5) is 2.40. The minimum absolute atomic E-state index is 0.526. The number of methoxy groups -OCH3 is 1. The van der Waals surface area contributed by atoms with Gasteiger partial charge in [0.15, 0.2) is 0 Å². The fraction of sp³-hybridized carbons (Fsp3) is 0.538. The van der Waals surface area contributed by atoms with E-state index in [2.05, 4.69) is 37.9 Å². The van der Waals surface area contributed by atoms with Gasteiger partial charge in [-0.2, -0.15) is 0 Å². The van der Waals surface area contributed by atoms with E-state index in [1.54, 1.807) is 7.11 Å². The second-order valence-electron chi connectivity index (χ2n) is 4.43. The molecule has 0 radical (unpaired) electrons. The van der Waals surface area contributed by atoms with E-state index >= 15 is 0 Å². The van der Waals surface area contributed by atoms with Crippen molar-refractivity contribution in [3.63, 3.8) is 0 Å². The Hall–Kier alpha value is -1.02. The van der Waals surface area contributed by atoms with E-state index in [4.69, 9.17) is 4.74 Å². The summed E-state index contributed by atoms with van der Waals surface area (Å²) in [5, 5.41) is 0. The summed E-state index contributed by atoms with van der Waals surface area (Å²) in [6.45, 7) is 5.52. The zero-order chi connectivity index (χ0) is 11.0. The Morgan fingerprint density at radius 2 is 2.13 bits per heavy atom. The molecule has 0 fully saturated rings. The van der Waals surface area contributed by atoms with Gasteiger partial charge in [0.05, 0.1) is 7.11 Å². The molecule has 0 saturated carbocycles. The molecule has 0 spiro atoms. The lowest BCUT2D eigenvalue weighted by Crippen LogP contribution is -2.30. The number of benzene rings is 1. The smallest absolute Gasteiger partial charge is 0.122 e. The van der Waals surface area contributed by atoms with Crippen molar-refractivity contribution in [2.45, 2.75) is 26.3 Å². The first-order valence-corrected chi connectivity index (χ1v) is 5.51. The molecular formula is C13H19NO. The molecule has 1 heterocycles. The van der Waals surface area contributed by atoms with Crippen molar-refractivity contribution >= 4 is 0 Å². The van der Waals surface area contributed by atoms with Crippen LogP contribution in [-0.4, -0.2) is 25.6 Å². The van der Waals surface area contributed by atoms with Gasteiger partial charge in [-0.15, -0.1) is 0 Å². The Kier molecular flexibility index (Phi) is 2.70. The number of hydrogen-bond acceptors (Lipinski definition) is 2. The van der Waals surface area contributed by atoms with Gasteiger partial charge < -0.3 is 4.74 Å². The lowest BCUT2D eigenvalue weighted by molar-refractivity contribution is 0.247. The van der Waals surface area contributed by atoms with Crippen LogP contribution in [0, 0.1) is 6.92 Å². The van der Waals surface area contributed by atoms with Crippen molar-refractivity contribution in [2.24, 2.45) is 0 Å². The molecule has 0 aromatic heterocycles. The predicted octanol–water partition coefficient (Wildman–Crippen LogP) is 2.55. The maximum absolute atomic E-state index is 5.36. The summed E-state index contributed by atoms with van der Waals surface area (Å²) in [6, 6.07) is 5.00. The molecule has 0 bridgehead atoms. The summed E-state index contributed by atoms with van der Waals surface area (Å²) in [7, 11) is 3.93. The number of fused-ring (bicyclic) bond motifs is 1. The van der Waals surface area contributed by atoms with Gasteiger partial charge in [0, 0.05) is 12.6 Å². The Labute approximate surface area is 91.9 Å². The van der Waals surface area contributed by atoms with Crippen LogP contribution in [0.1, 0.15) is 29.7 Å². The first-order valence-electron chi connectivity index (χ1n) is 5.51. The molecule has 1 atom stereocenters. The average Bonchev–Trinajstić information content (AvgIpc) is 2.24. The maximum Gasteiger partial charge on any atom is 0.122 e. The molecule has 1 unspecified atom stereocenters. The minimum Gasteiger partial charge on any atom is -0.496 e. The molecule has 2 nitrogen and oxygen atoms in total. The Morgan fingerprint density at radius 3 is 2.80 bits per heavy atom. The third-order valence-electron chi connectivity index (χ3n) is 3.50. The van der Waals surface area contributed by atoms with E-state index in [0.717, 1.165) is 18.7 Å². The minimum atomic E-state index is 0.526. The van der Waals surface area contributed by atoms with Crippen LogP contribution in [-0.2, 0) is 6.42 Å².